The van der Waals surface area contributed by atoms with Gasteiger partial charge in [-0.1, -0.05) is 37.8 Å². The first-order valence-electron chi connectivity index (χ1n) is 7.85. The molecule has 1 aromatic rings. The number of anilines is 1. The van der Waals surface area contributed by atoms with Crippen LogP contribution in [-0.4, -0.2) is 12.5 Å². The molecule has 0 heterocycles. The molecule has 108 valence electrons. The summed E-state index contributed by atoms with van der Waals surface area (Å²) >= 11 is 0. The zero-order chi connectivity index (χ0) is 14.0. The minimum absolute atomic E-state index is 0.209. The Hall–Kier alpha value is -1.51. The van der Waals surface area contributed by atoms with Gasteiger partial charge in [-0.3, -0.25) is 4.79 Å². The summed E-state index contributed by atoms with van der Waals surface area (Å²) < 4.78 is 0. The van der Waals surface area contributed by atoms with E-state index < -0.39 is 0 Å². The summed E-state index contributed by atoms with van der Waals surface area (Å²) in [4.78, 5) is 12.4. The fraction of sp³-hybridized carbons (Fsp3) is 0.588. The van der Waals surface area contributed by atoms with Crippen molar-refractivity contribution in [3.8, 4) is 0 Å². The highest BCUT2D eigenvalue weighted by Gasteiger charge is 2.50. The molecule has 3 heteroatoms. The maximum Gasteiger partial charge on any atom is 0.230 e. The van der Waals surface area contributed by atoms with E-state index in [4.69, 9.17) is 5.73 Å². The second-order valence-electron chi connectivity index (χ2n) is 6.40. The molecular weight excluding hydrogens is 248 g/mol. The number of nitrogens with one attached hydrogen (secondary N) is 1. The van der Waals surface area contributed by atoms with Crippen molar-refractivity contribution in [1.82, 2.24) is 5.32 Å². The predicted molar refractivity (Wildman–Crippen MR) is 81.4 cm³/mol. The molecule has 0 atom stereocenters. The van der Waals surface area contributed by atoms with E-state index in [9.17, 15) is 4.79 Å². The number of nitrogens with two attached hydrogens (primary N) is 1. The van der Waals surface area contributed by atoms with E-state index in [-0.39, 0.29) is 11.3 Å². The molecule has 1 amide bonds. The number of carbonyl (C=O) groups excluding carboxylic acids is 1. The number of amides is 1. The summed E-state index contributed by atoms with van der Waals surface area (Å²) in [5.41, 5.74) is 7.33. The summed E-state index contributed by atoms with van der Waals surface area (Å²) in [6.07, 6.45) is 8.50. The summed E-state index contributed by atoms with van der Waals surface area (Å²) in [5.74, 6) is 1.04. The second kappa shape index (κ2) is 5.47. The highest BCUT2D eigenvalue weighted by atomic mass is 16.2. The normalized spacial score (nSPS) is 20.8. The van der Waals surface area contributed by atoms with Gasteiger partial charge in [0.2, 0.25) is 5.91 Å². The topological polar surface area (TPSA) is 55.1 Å². The SMILES string of the molecule is Nc1ccc(C2(C(=O)NCCC3CCCC3)CC2)cc1. The minimum atomic E-state index is -0.261. The van der Waals surface area contributed by atoms with E-state index in [1.54, 1.807) is 0 Å². The van der Waals surface area contributed by atoms with Crippen molar-refractivity contribution in [2.24, 2.45) is 5.92 Å². The molecule has 1 aromatic carbocycles. The Morgan fingerprint density at radius 1 is 1.20 bits per heavy atom. The molecule has 0 aromatic heterocycles. The summed E-state index contributed by atoms with van der Waals surface area (Å²) in [7, 11) is 0. The smallest absolute Gasteiger partial charge is 0.230 e. The molecule has 0 radical (unpaired) electrons. The van der Waals surface area contributed by atoms with Gasteiger partial charge in [0, 0.05) is 12.2 Å². The van der Waals surface area contributed by atoms with E-state index in [0.717, 1.165) is 43.0 Å². The Balaban J connectivity index is 1.54. The zero-order valence-electron chi connectivity index (χ0n) is 12.0. The zero-order valence-corrected chi connectivity index (χ0v) is 12.0. The van der Waals surface area contributed by atoms with Gasteiger partial charge in [0.1, 0.15) is 0 Å². The van der Waals surface area contributed by atoms with Crippen LogP contribution in [0, 0.1) is 5.92 Å². The maximum absolute atomic E-state index is 12.4. The monoisotopic (exact) mass is 272 g/mol. The Morgan fingerprint density at radius 2 is 1.85 bits per heavy atom. The van der Waals surface area contributed by atoms with Gasteiger partial charge in [0.25, 0.3) is 0 Å². The van der Waals surface area contributed by atoms with Crippen molar-refractivity contribution in [3.63, 3.8) is 0 Å². The Labute approximate surface area is 120 Å². The van der Waals surface area contributed by atoms with Gasteiger partial charge >= 0.3 is 0 Å². The molecule has 0 spiro atoms. The van der Waals surface area contributed by atoms with Crippen LogP contribution in [0.2, 0.25) is 0 Å². The molecule has 0 bridgehead atoms. The average molecular weight is 272 g/mol. The van der Waals surface area contributed by atoms with Crippen LogP contribution in [0.15, 0.2) is 24.3 Å². The summed E-state index contributed by atoms with van der Waals surface area (Å²) in [6, 6.07) is 7.78. The molecule has 3 N–H and O–H groups in total. The predicted octanol–water partition coefficient (Wildman–Crippen LogP) is 3.00. The number of benzene rings is 1. The van der Waals surface area contributed by atoms with Crippen molar-refractivity contribution in [2.45, 2.75) is 50.4 Å². The van der Waals surface area contributed by atoms with Crippen molar-refractivity contribution >= 4 is 11.6 Å². The highest BCUT2D eigenvalue weighted by Crippen LogP contribution is 2.48. The quantitative estimate of drug-likeness (QED) is 0.810. The Morgan fingerprint density at radius 3 is 2.45 bits per heavy atom. The third kappa shape index (κ3) is 2.67. The van der Waals surface area contributed by atoms with Crippen LogP contribution in [-0.2, 0) is 10.2 Å². The number of carbonyl (C=O) groups is 1. The average Bonchev–Trinajstić information content (AvgIpc) is 3.10. The molecule has 3 rings (SSSR count). The Kier molecular flexibility index (Phi) is 3.68. The summed E-state index contributed by atoms with van der Waals surface area (Å²) in [5, 5.41) is 3.16. The van der Waals surface area contributed by atoms with Crippen molar-refractivity contribution < 1.29 is 4.79 Å². The third-order valence-electron chi connectivity index (χ3n) is 4.96. The van der Waals surface area contributed by atoms with Crippen molar-refractivity contribution in [1.29, 1.82) is 0 Å². The van der Waals surface area contributed by atoms with Crippen LogP contribution in [0.4, 0.5) is 5.69 Å². The second-order valence-corrected chi connectivity index (χ2v) is 6.40. The molecule has 20 heavy (non-hydrogen) atoms. The fourth-order valence-corrected chi connectivity index (χ4v) is 3.43. The van der Waals surface area contributed by atoms with E-state index in [1.165, 1.54) is 25.7 Å². The minimum Gasteiger partial charge on any atom is -0.399 e. The van der Waals surface area contributed by atoms with Gasteiger partial charge in [-0.05, 0) is 42.9 Å². The molecule has 3 nitrogen and oxygen atoms in total. The fourth-order valence-electron chi connectivity index (χ4n) is 3.43. The van der Waals surface area contributed by atoms with Crippen LogP contribution in [0.1, 0.15) is 50.5 Å². The number of hydrogen-bond donors (Lipinski definition) is 2. The first kappa shape index (κ1) is 13.5. The molecule has 2 fully saturated rings. The van der Waals surface area contributed by atoms with Crippen LogP contribution in [0.3, 0.4) is 0 Å². The van der Waals surface area contributed by atoms with Crippen LogP contribution in [0.25, 0.3) is 0 Å². The summed E-state index contributed by atoms with van der Waals surface area (Å²) in [6.45, 7) is 0.834. The van der Waals surface area contributed by atoms with E-state index in [1.807, 2.05) is 24.3 Å². The first-order chi connectivity index (χ1) is 9.71. The number of hydrogen-bond acceptors (Lipinski definition) is 2. The van der Waals surface area contributed by atoms with E-state index >= 15 is 0 Å². The van der Waals surface area contributed by atoms with Crippen LogP contribution < -0.4 is 11.1 Å². The maximum atomic E-state index is 12.4. The largest absolute Gasteiger partial charge is 0.399 e. The van der Waals surface area contributed by atoms with Gasteiger partial charge in [-0.25, -0.2) is 0 Å². The van der Waals surface area contributed by atoms with Gasteiger partial charge in [-0.2, -0.15) is 0 Å². The van der Waals surface area contributed by atoms with Gasteiger partial charge in [0.15, 0.2) is 0 Å². The highest BCUT2D eigenvalue weighted by molar-refractivity contribution is 5.91. The lowest BCUT2D eigenvalue weighted by molar-refractivity contribution is -0.123. The molecule has 0 saturated heterocycles. The molecule has 0 aliphatic heterocycles. The van der Waals surface area contributed by atoms with Crippen LogP contribution >= 0.6 is 0 Å². The molecule has 2 saturated carbocycles. The number of rotatable bonds is 5. The van der Waals surface area contributed by atoms with Gasteiger partial charge < -0.3 is 11.1 Å². The lowest BCUT2D eigenvalue weighted by Crippen LogP contribution is -2.35. The van der Waals surface area contributed by atoms with E-state index in [0.29, 0.717) is 0 Å². The first-order valence-corrected chi connectivity index (χ1v) is 7.85. The molecule has 2 aliphatic carbocycles. The van der Waals surface area contributed by atoms with Gasteiger partial charge in [0.05, 0.1) is 5.41 Å². The van der Waals surface area contributed by atoms with Crippen molar-refractivity contribution in [2.75, 3.05) is 12.3 Å². The molecular formula is C17H24N2O. The van der Waals surface area contributed by atoms with Crippen molar-refractivity contribution in [3.05, 3.63) is 29.8 Å². The molecule has 0 unspecified atom stereocenters. The van der Waals surface area contributed by atoms with Crippen LogP contribution in [0.5, 0.6) is 0 Å². The lowest BCUT2D eigenvalue weighted by Gasteiger charge is -2.17. The van der Waals surface area contributed by atoms with E-state index in [2.05, 4.69) is 5.32 Å². The third-order valence-corrected chi connectivity index (χ3v) is 4.96. The Bertz CT molecular complexity index is 470. The standard InChI is InChI=1S/C17H24N2O/c18-15-7-5-14(6-8-15)17(10-11-17)16(20)19-12-9-13-3-1-2-4-13/h5-8,13H,1-4,9-12,18H2,(H,19,20). The van der Waals surface area contributed by atoms with Gasteiger partial charge in [-0.15, -0.1) is 0 Å². The lowest BCUT2D eigenvalue weighted by atomic mass is 9.94. The number of nitrogen functional groups attached to an aromatic ring is 1. The molecule has 2 aliphatic rings.